The van der Waals surface area contributed by atoms with E-state index in [0.29, 0.717) is 24.3 Å². The molecule has 2 aromatic heterocycles. The third kappa shape index (κ3) is 4.07. The second kappa shape index (κ2) is 8.77. The molecular formula is C23H15Cl2N5O4. The summed E-state index contributed by atoms with van der Waals surface area (Å²) in [5.41, 5.74) is 1.14. The van der Waals surface area contributed by atoms with Crippen LogP contribution in [0.1, 0.15) is 15.9 Å². The molecule has 0 spiro atoms. The highest BCUT2D eigenvalue weighted by molar-refractivity contribution is 6.37. The van der Waals surface area contributed by atoms with Gasteiger partial charge in [0.05, 0.1) is 15.7 Å². The molecule has 0 atom stereocenters. The zero-order chi connectivity index (χ0) is 23.8. The lowest BCUT2D eigenvalue weighted by Gasteiger charge is -2.28. The first-order valence-corrected chi connectivity index (χ1v) is 10.9. The normalized spacial score (nSPS) is 13.0. The van der Waals surface area contributed by atoms with E-state index in [0.717, 1.165) is 22.1 Å². The highest BCUT2D eigenvalue weighted by Crippen LogP contribution is 2.39. The summed E-state index contributed by atoms with van der Waals surface area (Å²) in [5.74, 6) is 0.545. The van der Waals surface area contributed by atoms with Crippen LogP contribution in [0.3, 0.4) is 0 Å². The zero-order valence-electron chi connectivity index (χ0n) is 17.4. The van der Waals surface area contributed by atoms with Gasteiger partial charge in [0.1, 0.15) is 11.9 Å². The highest BCUT2D eigenvalue weighted by Gasteiger charge is 2.26. The maximum Gasteiger partial charge on any atom is 0.349 e. The van der Waals surface area contributed by atoms with Crippen LogP contribution in [0.25, 0.3) is 5.69 Å². The van der Waals surface area contributed by atoms with E-state index in [4.69, 9.17) is 27.9 Å². The number of pyridine rings is 1. The van der Waals surface area contributed by atoms with Crippen molar-refractivity contribution >= 4 is 34.8 Å². The van der Waals surface area contributed by atoms with E-state index >= 15 is 0 Å². The van der Waals surface area contributed by atoms with E-state index in [1.165, 1.54) is 12.1 Å². The molecule has 1 aliphatic rings. The fourth-order valence-corrected chi connectivity index (χ4v) is 4.27. The van der Waals surface area contributed by atoms with E-state index in [1.54, 1.807) is 47.6 Å². The Morgan fingerprint density at radius 1 is 0.941 bits per heavy atom. The van der Waals surface area contributed by atoms with E-state index < -0.39 is 11.2 Å². The van der Waals surface area contributed by atoms with Crippen LogP contribution in [0.5, 0.6) is 11.5 Å². The molecule has 2 aromatic carbocycles. The lowest BCUT2D eigenvalue weighted by atomic mass is 9.98. The number of aromatic nitrogens is 4. The first-order valence-electron chi connectivity index (χ1n) is 10.1. The lowest BCUT2D eigenvalue weighted by Crippen LogP contribution is -2.37. The Balaban J connectivity index is 1.42. The summed E-state index contributed by atoms with van der Waals surface area (Å²) >= 11 is 12.8. The van der Waals surface area contributed by atoms with Gasteiger partial charge in [-0.2, -0.15) is 9.78 Å². The van der Waals surface area contributed by atoms with Crippen LogP contribution in [0.15, 0.2) is 70.6 Å². The summed E-state index contributed by atoms with van der Waals surface area (Å²) < 4.78 is 6.89. The van der Waals surface area contributed by atoms with Gasteiger partial charge >= 0.3 is 5.69 Å². The van der Waals surface area contributed by atoms with Gasteiger partial charge in [-0.3, -0.25) is 19.6 Å². The fourth-order valence-electron chi connectivity index (χ4n) is 3.72. The largest absolute Gasteiger partial charge is 0.454 e. The number of fused-ring (bicyclic) bond motifs is 1. The molecule has 3 heterocycles. The number of hydrogen-bond donors (Lipinski definition) is 1. The molecule has 9 nitrogen and oxygen atoms in total. The molecule has 0 unspecified atom stereocenters. The van der Waals surface area contributed by atoms with Gasteiger partial charge in [-0.25, -0.2) is 4.79 Å². The summed E-state index contributed by atoms with van der Waals surface area (Å²) in [6, 6.07) is 11.6. The minimum Gasteiger partial charge on any atom is -0.454 e. The molecule has 1 N–H and O–H groups in total. The number of hydrogen-bond acceptors (Lipinski definition) is 6. The van der Waals surface area contributed by atoms with Crippen molar-refractivity contribution in [3.63, 3.8) is 0 Å². The van der Waals surface area contributed by atoms with Gasteiger partial charge in [0.2, 0.25) is 0 Å². The third-order valence-electron chi connectivity index (χ3n) is 5.29. The number of benzene rings is 2. The fraction of sp³-hybridized carbons (Fsp3) is 0.0870. The first kappa shape index (κ1) is 21.9. The Hall–Kier alpha value is -3.95. The van der Waals surface area contributed by atoms with Crippen LogP contribution in [-0.2, 0) is 6.42 Å². The van der Waals surface area contributed by atoms with E-state index in [1.807, 2.05) is 0 Å². The number of nitrogens with one attached hydrogen (secondary N) is 1. The number of ether oxygens (including phenoxy) is 1. The van der Waals surface area contributed by atoms with Crippen molar-refractivity contribution in [1.29, 1.82) is 0 Å². The van der Waals surface area contributed by atoms with Gasteiger partial charge in [-0.1, -0.05) is 23.2 Å². The molecular weight excluding hydrogens is 481 g/mol. The van der Waals surface area contributed by atoms with Gasteiger partial charge in [-0.15, -0.1) is 0 Å². The van der Waals surface area contributed by atoms with Gasteiger partial charge in [0, 0.05) is 30.2 Å². The quantitative estimate of drug-likeness (QED) is 0.462. The van der Waals surface area contributed by atoms with Crippen LogP contribution < -0.4 is 20.9 Å². The molecule has 34 heavy (non-hydrogen) atoms. The van der Waals surface area contributed by atoms with Crippen molar-refractivity contribution in [2.24, 2.45) is 0 Å². The molecule has 1 amide bonds. The van der Waals surface area contributed by atoms with Crippen LogP contribution in [0.2, 0.25) is 10.0 Å². The number of aromatic amines is 1. The third-order valence-corrected chi connectivity index (χ3v) is 5.85. The molecule has 1 aliphatic heterocycles. The van der Waals surface area contributed by atoms with Crippen molar-refractivity contribution in [1.82, 2.24) is 19.7 Å². The zero-order valence-corrected chi connectivity index (χ0v) is 18.9. The minimum atomic E-state index is -0.728. The number of carbonyl (C=O) groups excluding carboxylic acids is 1. The number of amides is 1. The molecule has 170 valence electrons. The Labute approximate surface area is 202 Å². The Bertz CT molecular complexity index is 1510. The Morgan fingerprint density at radius 3 is 2.38 bits per heavy atom. The Morgan fingerprint density at radius 2 is 1.68 bits per heavy atom. The van der Waals surface area contributed by atoms with Crippen LogP contribution in [0.4, 0.5) is 5.69 Å². The van der Waals surface area contributed by atoms with Crippen LogP contribution in [0, 0.1) is 0 Å². The molecule has 0 saturated heterocycles. The summed E-state index contributed by atoms with van der Waals surface area (Å²) in [7, 11) is 0. The highest BCUT2D eigenvalue weighted by atomic mass is 35.5. The van der Waals surface area contributed by atoms with Crippen LogP contribution in [-0.4, -0.2) is 32.2 Å². The molecule has 11 heteroatoms. The molecule has 0 fully saturated rings. The van der Waals surface area contributed by atoms with Crippen LogP contribution >= 0.6 is 23.2 Å². The predicted octanol–water partition coefficient (Wildman–Crippen LogP) is 3.62. The Kier molecular flexibility index (Phi) is 5.64. The maximum absolute atomic E-state index is 13.0. The SMILES string of the molecule is O=C1c2ccc(Oc3c(Cl)cc(-n4ncc(=O)[nH]c4=O)cc3Cl)cc2CCN1c1ccncc1. The van der Waals surface area contributed by atoms with E-state index in [2.05, 4.69) is 15.1 Å². The molecule has 5 rings (SSSR count). The van der Waals surface area contributed by atoms with Crippen molar-refractivity contribution in [2.75, 3.05) is 11.4 Å². The molecule has 0 saturated carbocycles. The van der Waals surface area contributed by atoms with Crippen molar-refractivity contribution < 1.29 is 9.53 Å². The van der Waals surface area contributed by atoms with Crippen molar-refractivity contribution in [3.8, 4) is 17.2 Å². The number of halogens is 2. The molecule has 0 radical (unpaired) electrons. The number of carbonyl (C=O) groups is 1. The average Bonchev–Trinajstić information content (AvgIpc) is 2.82. The van der Waals surface area contributed by atoms with Crippen molar-refractivity contribution in [2.45, 2.75) is 6.42 Å². The number of H-pyrrole nitrogens is 1. The molecule has 0 aliphatic carbocycles. The standard InChI is InChI=1S/C23H15Cl2N5O4/c24-18-10-15(30-23(33)28-20(31)12-27-30)11-19(25)21(18)34-16-1-2-17-13(9-16)5-8-29(22(17)32)14-3-6-26-7-4-14/h1-4,6-7,9-12H,5,8H2,(H,28,31,33). The van der Waals surface area contributed by atoms with Crippen molar-refractivity contribution in [3.05, 3.63) is 103 Å². The topological polar surface area (TPSA) is 110 Å². The summed E-state index contributed by atoms with van der Waals surface area (Å²) in [6.45, 7) is 0.524. The average molecular weight is 496 g/mol. The van der Waals surface area contributed by atoms with Gasteiger partial charge in [0.25, 0.3) is 11.5 Å². The number of rotatable bonds is 4. The number of anilines is 1. The lowest BCUT2D eigenvalue weighted by molar-refractivity contribution is 0.0980. The first-order chi connectivity index (χ1) is 16.4. The monoisotopic (exact) mass is 495 g/mol. The summed E-state index contributed by atoms with van der Waals surface area (Å²) in [4.78, 5) is 44.1. The van der Waals surface area contributed by atoms with E-state index in [9.17, 15) is 14.4 Å². The second-order valence-corrected chi connectivity index (χ2v) is 8.24. The van der Waals surface area contributed by atoms with Gasteiger partial charge in [0.15, 0.2) is 5.75 Å². The smallest absolute Gasteiger partial charge is 0.349 e. The van der Waals surface area contributed by atoms with Gasteiger partial charge < -0.3 is 9.64 Å². The van der Waals surface area contributed by atoms with E-state index in [-0.39, 0.29) is 27.4 Å². The maximum atomic E-state index is 13.0. The number of nitrogens with zero attached hydrogens (tertiary/aromatic N) is 4. The predicted molar refractivity (Wildman–Crippen MR) is 127 cm³/mol. The summed E-state index contributed by atoms with van der Waals surface area (Å²) in [6.07, 6.45) is 4.91. The van der Waals surface area contributed by atoms with Gasteiger partial charge in [-0.05, 0) is 54.4 Å². The summed E-state index contributed by atoms with van der Waals surface area (Å²) in [5, 5.41) is 4.07. The molecule has 4 aromatic rings. The second-order valence-electron chi connectivity index (χ2n) is 7.42. The minimum absolute atomic E-state index is 0.0988. The molecule has 0 bridgehead atoms.